The van der Waals surface area contributed by atoms with Gasteiger partial charge in [0.1, 0.15) is 23.0 Å². The van der Waals surface area contributed by atoms with Crippen molar-refractivity contribution < 1.29 is 4.74 Å². The van der Waals surface area contributed by atoms with Crippen LogP contribution >= 0.6 is 0 Å². The third-order valence-electron chi connectivity index (χ3n) is 8.39. The molecule has 1 saturated carbocycles. The molecule has 38 heavy (non-hydrogen) atoms. The maximum absolute atomic E-state index is 12.9. The van der Waals surface area contributed by atoms with Crippen LogP contribution in [0.3, 0.4) is 0 Å². The molecule has 3 heterocycles. The molecule has 0 bridgehead atoms. The lowest BCUT2D eigenvalue weighted by Crippen LogP contribution is -2.58. The average Bonchev–Trinajstić information content (AvgIpc) is 3.76. The first-order valence-corrected chi connectivity index (χ1v) is 14.1. The number of ether oxygens (including phenoxy) is 1. The number of hydrogen-bond acceptors (Lipinski definition) is 6. The minimum atomic E-state index is -0.0624. The van der Waals surface area contributed by atoms with E-state index in [4.69, 9.17) is 4.74 Å². The van der Waals surface area contributed by atoms with Crippen LogP contribution in [0.4, 0.5) is 5.69 Å². The summed E-state index contributed by atoms with van der Waals surface area (Å²) in [4.78, 5) is 22.5. The van der Waals surface area contributed by atoms with E-state index in [2.05, 4.69) is 65.9 Å². The molecule has 1 aliphatic carbocycles. The molecule has 3 atom stereocenters. The Morgan fingerprint density at radius 2 is 1.89 bits per heavy atom. The van der Waals surface area contributed by atoms with Crippen molar-refractivity contribution in [2.45, 2.75) is 71.0 Å². The summed E-state index contributed by atoms with van der Waals surface area (Å²) in [5, 5.41) is 9.46. The maximum Gasteiger partial charge on any atom is 0.252 e. The lowest BCUT2D eigenvalue weighted by Gasteiger charge is -2.49. The van der Waals surface area contributed by atoms with Crippen LogP contribution in [0.2, 0.25) is 0 Å². The summed E-state index contributed by atoms with van der Waals surface area (Å²) in [6.45, 7) is 9.21. The van der Waals surface area contributed by atoms with Gasteiger partial charge in [-0.15, -0.1) is 0 Å². The maximum atomic E-state index is 12.9. The number of piperazine rings is 1. The van der Waals surface area contributed by atoms with E-state index in [1.54, 1.807) is 23.7 Å². The second-order valence-corrected chi connectivity index (χ2v) is 10.9. The van der Waals surface area contributed by atoms with Crippen molar-refractivity contribution in [3.05, 3.63) is 64.1 Å². The molecular weight excluding hydrogens is 474 g/mol. The Kier molecular flexibility index (Phi) is 7.71. The van der Waals surface area contributed by atoms with Crippen LogP contribution in [-0.4, -0.2) is 46.2 Å². The van der Waals surface area contributed by atoms with E-state index in [9.17, 15) is 10.1 Å². The van der Waals surface area contributed by atoms with Gasteiger partial charge < -0.3 is 14.2 Å². The number of rotatable bonds is 9. The van der Waals surface area contributed by atoms with E-state index in [0.29, 0.717) is 23.3 Å². The largest absolute Gasteiger partial charge is 0.494 e. The van der Waals surface area contributed by atoms with Crippen LogP contribution in [0.25, 0.3) is 11.0 Å². The average molecular weight is 514 g/mol. The molecule has 0 amide bonds. The fraction of sp³-hybridized carbons (Fsp3) is 0.516. The molecule has 0 N–H and O–H groups in total. The fourth-order valence-corrected chi connectivity index (χ4v) is 5.94. The lowest BCUT2D eigenvalue weighted by molar-refractivity contribution is 0.0943. The van der Waals surface area contributed by atoms with Crippen LogP contribution in [0.15, 0.2) is 47.3 Å². The molecule has 1 aromatic carbocycles. The van der Waals surface area contributed by atoms with Gasteiger partial charge >= 0.3 is 0 Å². The van der Waals surface area contributed by atoms with Crippen LogP contribution in [0.5, 0.6) is 5.75 Å². The number of pyridine rings is 2. The van der Waals surface area contributed by atoms with Crippen LogP contribution < -0.4 is 15.2 Å². The van der Waals surface area contributed by atoms with Gasteiger partial charge in [-0.3, -0.25) is 9.69 Å². The molecule has 1 saturated heterocycles. The molecule has 1 aliphatic heterocycles. The summed E-state index contributed by atoms with van der Waals surface area (Å²) in [5.74, 6) is 1.84. The molecule has 3 aromatic rings. The lowest BCUT2D eigenvalue weighted by atomic mass is 9.95. The molecule has 0 radical (unpaired) electrons. The second kappa shape index (κ2) is 11.2. The van der Waals surface area contributed by atoms with Crippen LogP contribution in [-0.2, 0) is 7.05 Å². The fourth-order valence-electron chi connectivity index (χ4n) is 5.94. The van der Waals surface area contributed by atoms with Crippen molar-refractivity contribution in [3.63, 3.8) is 0 Å². The van der Waals surface area contributed by atoms with Crippen molar-refractivity contribution in [1.82, 2.24) is 14.5 Å². The number of benzene rings is 1. The Morgan fingerprint density at radius 1 is 1.13 bits per heavy atom. The zero-order valence-corrected chi connectivity index (χ0v) is 23.1. The summed E-state index contributed by atoms with van der Waals surface area (Å²) in [6, 6.07) is 16.9. The molecule has 7 heteroatoms. The van der Waals surface area contributed by atoms with E-state index >= 15 is 0 Å². The Morgan fingerprint density at radius 3 is 2.55 bits per heavy atom. The molecule has 7 nitrogen and oxygen atoms in total. The van der Waals surface area contributed by atoms with Crippen LogP contribution in [0, 0.1) is 17.2 Å². The van der Waals surface area contributed by atoms with E-state index in [1.165, 1.54) is 18.4 Å². The van der Waals surface area contributed by atoms with Gasteiger partial charge in [0.15, 0.2) is 0 Å². The zero-order chi connectivity index (χ0) is 26.8. The Hall–Kier alpha value is -3.37. The van der Waals surface area contributed by atoms with Gasteiger partial charge in [-0.25, -0.2) is 4.98 Å². The summed E-state index contributed by atoms with van der Waals surface area (Å²) in [7, 11) is 1.76. The van der Waals surface area contributed by atoms with Gasteiger partial charge in [0.25, 0.3) is 5.56 Å². The van der Waals surface area contributed by atoms with E-state index in [1.807, 2.05) is 6.07 Å². The van der Waals surface area contributed by atoms with Gasteiger partial charge in [-0.05, 0) is 61.9 Å². The molecule has 2 unspecified atom stereocenters. The normalized spacial score (nSPS) is 20.9. The minimum absolute atomic E-state index is 0.0624. The van der Waals surface area contributed by atoms with Gasteiger partial charge in [0, 0.05) is 44.3 Å². The number of nitrogens with zero attached hydrogens (tertiary/aromatic N) is 5. The van der Waals surface area contributed by atoms with Crippen molar-refractivity contribution >= 4 is 16.7 Å². The zero-order valence-electron chi connectivity index (χ0n) is 23.1. The van der Waals surface area contributed by atoms with Crippen molar-refractivity contribution in [1.29, 1.82) is 5.26 Å². The van der Waals surface area contributed by atoms with Gasteiger partial charge in [-0.2, -0.15) is 5.26 Å². The molecular formula is C31H39N5O2. The number of hydrogen-bond donors (Lipinski definition) is 0. The molecule has 0 spiro atoms. The second-order valence-electron chi connectivity index (χ2n) is 10.9. The summed E-state index contributed by atoms with van der Waals surface area (Å²) in [6.07, 6.45) is 5.91. The van der Waals surface area contributed by atoms with Crippen molar-refractivity contribution in [3.8, 4) is 11.8 Å². The molecule has 2 aromatic heterocycles. The summed E-state index contributed by atoms with van der Waals surface area (Å²) < 4.78 is 7.60. The molecule has 200 valence electrons. The monoisotopic (exact) mass is 513 g/mol. The first kappa shape index (κ1) is 26.2. The highest BCUT2D eigenvalue weighted by molar-refractivity contribution is 5.89. The molecule has 2 aliphatic rings. The smallest absolute Gasteiger partial charge is 0.252 e. The molecule has 5 rings (SSSR count). The highest BCUT2D eigenvalue weighted by atomic mass is 16.5. The van der Waals surface area contributed by atoms with E-state index < -0.39 is 0 Å². The Balaban J connectivity index is 1.38. The third kappa shape index (κ3) is 5.28. The summed E-state index contributed by atoms with van der Waals surface area (Å²) >= 11 is 0. The van der Waals surface area contributed by atoms with E-state index in [0.717, 1.165) is 61.8 Å². The predicted molar refractivity (Wildman–Crippen MR) is 152 cm³/mol. The van der Waals surface area contributed by atoms with Crippen molar-refractivity contribution in [2.24, 2.45) is 13.0 Å². The topological polar surface area (TPSA) is 74.4 Å². The number of aryl methyl sites for hydroxylation is 1. The number of nitriles is 1. The van der Waals surface area contributed by atoms with E-state index in [-0.39, 0.29) is 11.6 Å². The number of anilines is 1. The van der Waals surface area contributed by atoms with Gasteiger partial charge in [0.05, 0.1) is 17.8 Å². The predicted octanol–water partition coefficient (Wildman–Crippen LogP) is 5.42. The van der Waals surface area contributed by atoms with Crippen LogP contribution in [0.1, 0.15) is 70.2 Å². The van der Waals surface area contributed by atoms with Gasteiger partial charge in [-0.1, -0.05) is 38.8 Å². The standard InChI is InChI=1S/C31H39N5O2/c1-5-25-20-35(29-17-30(37)34(4)28-14-11-24(18-32)33-31(28)29)21(3)19-36(25)27(6-2)23-9-12-26(13-10-23)38-16-15-22-7-8-22/h9-14,17,21-22,25,27H,5-8,15-16,19-20H2,1-4H3/t21-,25?,27?/m0/s1. The highest BCUT2D eigenvalue weighted by Crippen LogP contribution is 2.36. The highest BCUT2D eigenvalue weighted by Gasteiger charge is 2.36. The quantitative estimate of drug-likeness (QED) is 0.380. The van der Waals surface area contributed by atoms with Crippen molar-refractivity contribution in [2.75, 3.05) is 24.6 Å². The Labute approximate surface area is 225 Å². The molecule has 2 fully saturated rings. The first-order chi connectivity index (χ1) is 18.4. The Bertz CT molecular complexity index is 1370. The number of aromatic nitrogens is 2. The minimum Gasteiger partial charge on any atom is -0.494 e. The SMILES string of the molecule is CCC1CN(c2cc(=O)n(C)c3ccc(C#N)nc23)[C@@H](C)CN1C(CC)c1ccc(OCCC2CC2)cc1. The third-order valence-corrected chi connectivity index (χ3v) is 8.39. The first-order valence-electron chi connectivity index (χ1n) is 14.1. The number of fused-ring (bicyclic) bond motifs is 1. The van der Waals surface area contributed by atoms with Gasteiger partial charge in [0.2, 0.25) is 0 Å². The summed E-state index contributed by atoms with van der Waals surface area (Å²) in [5.41, 5.74) is 3.91.